The van der Waals surface area contributed by atoms with E-state index in [0.29, 0.717) is 0 Å². The zero-order valence-electron chi connectivity index (χ0n) is 15.0. The Morgan fingerprint density at radius 3 is 2.23 bits per heavy atom. The summed E-state index contributed by atoms with van der Waals surface area (Å²) in [6.45, 7) is 11.2. The van der Waals surface area contributed by atoms with Gasteiger partial charge in [-0.1, -0.05) is 20.8 Å². The molecular formula is C16H32O5Si. The number of carbonyl (C=O) groups excluding carboxylic acids is 1. The summed E-state index contributed by atoms with van der Waals surface area (Å²) in [5, 5.41) is 0.0885. The van der Waals surface area contributed by atoms with Crippen LogP contribution >= 0.6 is 0 Å². The molecule has 0 N–H and O–H groups in total. The number of ether oxygens (including phenoxy) is 3. The zero-order chi connectivity index (χ0) is 17.0. The predicted molar refractivity (Wildman–Crippen MR) is 88.4 cm³/mol. The molecule has 6 heteroatoms. The van der Waals surface area contributed by atoms with Crippen LogP contribution in [-0.4, -0.2) is 53.9 Å². The van der Waals surface area contributed by atoms with Crippen LogP contribution in [-0.2, 0) is 23.4 Å². The van der Waals surface area contributed by atoms with Crippen LogP contribution in [0.3, 0.4) is 0 Å². The smallest absolute Gasteiger partial charge is 0.192 e. The van der Waals surface area contributed by atoms with E-state index in [1.807, 2.05) is 0 Å². The van der Waals surface area contributed by atoms with E-state index in [2.05, 4.69) is 33.9 Å². The van der Waals surface area contributed by atoms with Crippen molar-refractivity contribution >= 4 is 14.6 Å². The molecule has 1 rings (SSSR count). The fourth-order valence-corrected chi connectivity index (χ4v) is 3.91. The van der Waals surface area contributed by atoms with Gasteiger partial charge in [-0.2, -0.15) is 0 Å². The molecule has 1 aliphatic carbocycles. The SMILES string of the molecule is COCO[C@@H]1CC[C@@H](C=O)[C@H](OC)[C@H]1O[Si](C)(C)C(C)(C)C. The lowest BCUT2D eigenvalue weighted by molar-refractivity contribution is -0.169. The molecule has 1 saturated carbocycles. The monoisotopic (exact) mass is 332 g/mol. The van der Waals surface area contributed by atoms with Crippen molar-refractivity contribution in [2.24, 2.45) is 5.92 Å². The Hall–Kier alpha value is -0.273. The second-order valence-electron chi connectivity index (χ2n) is 7.53. The largest absolute Gasteiger partial charge is 0.409 e. The van der Waals surface area contributed by atoms with E-state index in [0.717, 1.165) is 19.1 Å². The minimum atomic E-state index is -1.99. The molecule has 0 aromatic rings. The molecule has 4 atom stereocenters. The summed E-state index contributed by atoms with van der Waals surface area (Å²) in [7, 11) is 1.26. The van der Waals surface area contributed by atoms with Gasteiger partial charge in [-0.25, -0.2) is 0 Å². The second kappa shape index (κ2) is 8.01. The van der Waals surface area contributed by atoms with E-state index in [-0.39, 0.29) is 36.1 Å². The van der Waals surface area contributed by atoms with Crippen LogP contribution in [0.25, 0.3) is 0 Å². The number of carbonyl (C=O) groups is 1. The van der Waals surface area contributed by atoms with E-state index in [9.17, 15) is 4.79 Å². The summed E-state index contributed by atoms with van der Waals surface area (Å²) in [6.07, 6.45) is 1.94. The third kappa shape index (κ3) is 4.61. The molecule has 22 heavy (non-hydrogen) atoms. The molecule has 0 radical (unpaired) electrons. The van der Waals surface area contributed by atoms with Crippen molar-refractivity contribution < 1.29 is 23.4 Å². The highest BCUT2D eigenvalue weighted by molar-refractivity contribution is 6.74. The number of hydrogen-bond acceptors (Lipinski definition) is 5. The van der Waals surface area contributed by atoms with Crippen LogP contribution in [0.15, 0.2) is 0 Å². The van der Waals surface area contributed by atoms with Gasteiger partial charge in [0.15, 0.2) is 8.32 Å². The highest BCUT2D eigenvalue weighted by atomic mass is 28.4. The van der Waals surface area contributed by atoms with Gasteiger partial charge >= 0.3 is 0 Å². The first-order valence-electron chi connectivity index (χ1n) is 7.94. The number of rotatable bonds is 7. The Labute approximate surface area is 135 Å². The standard InChI is InChI=1S/C16H32O5Si/c1-16(2,3)22(6,7)21-15-13(20-11-18-4)9-8-12(10-17)14(15)19-5/h10,12-15H,8-9,11H2,1-7H3/t12-,13+,14-,15-/m0/s1. The van der Waals surface area contributed by atoms with Gasteiger partial charge in [-0.3, -0.25) is 0 Å². The van der Waals surface area contributed by atoms with E-state index < -0.39 is 8.32 Å². The fraction of sp³-hybridized carbons (Fsp3) is 0.938. The average Bonchev–Trinajstić information content (AvgIpc) is 2.43. The molecule has 0 heterocycles. The molecule has 0 bridgehead atoms. The quantitative estimate of drug-likeness (QED) is 0.407. The molecule has 0 aliphatic heterocycles. The molecule has 0 spiro atoms. The lowest BCUT2D eigenvalue weighted by Gasteiger charge is -2.46. The van der Waals surface area contributed by atoms with Gasteiger partial charge in [0.1, 0.15) is 13.1 Å². The van der Waals surface area contributed by atoms with Gasteiger partial charge in [0, 0.05) is 20.1 Å². The summed E-state index contributed by atoms with van der Waals surface area (Å²) in [5.41, 5.74) is 0. The predicted octanol–water partition coefficient (Wildman–Crippen LogP) is 2.99. The number of methoxy groups -OCH3 is 2. The van der Waals surface area contributed by atoms with Crippen molar-refractivity contribution in [1.82, 2.24) is 0 Å². The van der Waals surface area contributed by atoms with Gasteiger partial charge in [0.2, 0.25) is 0 Å². The third-order valence-corrected chi connectivity index (χ3v) is 9.45. The zero-order valence-corrected chi connectivity index (χ0v) is 16.0. The molecular weight excluding hydrogens is 300 g/mol. The van der Waals surface area contributed by atoms with E-state index in [4.69, 9.17) is 18.6 Å². The van der Waals surface area contributed by atoms with Gasteiger partial charge in [-0.05, 0) is 31.0 Å². The van der Waals surface area contributed by atoms with Crippen LogP contribution in [0.4, 0.5) is 0 Å². The van der Waals surface area contributed by atoms with E-state index >= 15 is 0 Å². The summed E-state index contributed by atoms with van der Waals surface area (Å²) >= 11 is 0. The van der Waals surface area contributed by atoms with E-state index in [1.54, 1.807) is 14.2 Å². The molecule has 0 saturated heterocycles. The molecule has 0 unspecified atom stereocenters. The Balaban J connectivity index is 2.98. The minimum Gasteiger partial charge on any atom is -0.409 e. The van der Waals surface area contributed by atoms with Gasteiger partial charge in [-0.15, -0.1) is 0 Å². The van der Waals surface area contributed by atoms with Gasteiger partial charge in [0.05, 0.1) is 18.3 Å². The van der Waals surface area contributed by atoms with Crippen LogP contribution in [0, 0.1) is 5.92 Å². The highest BCUT2D eigenvalue weighted by Gasteiger charge is 2.47. The van der Waals surface area contributed by atoms with Gasteiger partial charge < -0.3 is 23.4 Å². The Morgan fingerprint density at radius 2 is 1.77 bits per heavy atom. The summed E-state index contributed by atoms with van der Waals surface area (Å²) < 4.78 is 23.0. The summed E-state index contributed by atoms with van der Waals surface area (Å²) in [6, 6.07) is 0. The highest BCUT2D eigenvalue weighted by Crippen LogP contribution is 2.40. The minimum absolute atomic E-state index is 0.0885. The summed E-state index contributed by atoms with van der Waals surface area (Å²) in [5.74, 6) is -0.137. The normalized spacial score (nSPS) is 30.3. The van der Waals surface area contributed by atoms with Crippen molar-refractivity contribution in [3.8, 4) is 0 Å². The second-order valence-corrected chi connectivity index (χ2v) is 12.3. The van der Waals surface area contributed by atoms with Crippen molar-refractivity contribution in [2.45, 2.75) is 70.1 Å². The van der Waals surface area contributed by atoms with Crippen molar-refractivity contribution in [3.05, 3.63) is 0 Å². The molecule has 0 amide bonds. The maximum Gasteiger partial charge on any atom is 0.192 e. The lowest BCUT2D eigenvalue weighted by atomic mass is 9.83. The maximum atomic E-state index is 11.4. The topological polar surface area (TPSA) is 54.0 Å². The average molecular weight is 333 g/mol. The van der Waals surface area contributed by atoms with Gasteiger partial charge in [0.25, 0.3) is 0 Å². The lowest BCUT2D eigenvalue weighted by Crippen LogP contribution is -2.56. The van der Waals surface area contributed by atoms with Crippen molar-refractivity contribution in [1.29, 1.82) is 0 Å². The maximum absolute atomic E-state index is 11.4. The fourth-order valence-electron chi connectivity index (χ4n) is 2.59. The van der Waals surface area contributed by atoms with Crippen LogP contribution in [0.1, 0.15) is 33.6 Å². The molecule has 5 nitrogen and oxygen atoms in total. The first-order valence-corrected chi connectivity index (χ1v) is 10.8. The molecule has 0 aromatic carbocycles. The molecule has 1 aliphatic rings. The number of aldehydes is 1. The van der Waals surface area contributed by atoms with Crippen LogP contribution in [0.2, 0.25) is 18.1 Å². The number of hydrogen-bond donors (Lipinski definition) is 0. The molecule has 1 fully saturated rings. The molecule has 0 aromatic heterocycles. The molecule has 130 valence electrons. The van der Waals surface area contributed by atoms with E-state index in [1.165, 1.54) is 0 Å². The van der Waals surface area contributed by atoms with Crippen LogP contribution < -0.4 is 0 Å². The van der Waals surface area contributed by atoms with Crippen molar-refractivity contribution in [2.75, 3.05) is 21.0 Å². The Kier molecular flexibility index (Phi) is 7.20. The Bertz CT molecular complexity index is 353. The van der Waals surface area contributed by atoms with Crippen molar-refractivity contribution in [3.63, 3.8) is 0 Å². The first-order chi connectivity index (χ1) is 10.2. The third-order valence-electron chi connectivity index (χ3n) is 4.98. The van der Waals surface area contributed by atoms with Crippen LogP contribution in [0.5, 0.6) is 0 Å². The Morgan fingerprint density at radius 1 is 1.14 bits per heavy atom. The first kappa shape index (κ1) is 19.8. The summed E-state index contributed by atoms with van der Waals surface area (Å²) in [4.78, 5) is 11.4.